The topological polar surface area (TPSA) is 30.2 Å². The molecule has 0 amide bonds. The van der Waals surface area contributed by atoms with Crippen LogP contribution in [-0.2, 0) is 6.42 Å². The lowest BCUT2D eigenvalue weighted by atomic mass is 10.2. The maximum absolute atomic E-state index is 12.3. The molecule has 2 heterocycles. The molecule has 0 N–H and O–H groups in total. The van der Waals surface area contributed by atoms with Crippen LogP contribution in [0.3, 0.4) is 0 Å². The average molecular weight is 232 g/mol. The second-order valence-corrected chi connectivity index (χ2v) is 3.47. The van der Waals surface area contributed by atoms with Gasteiger partial charge in [-0.05, 0) is 24.1 Å². The number of halogens is 3. The highest BCUT2D eigenvalue weighted by molar-refractivity contribution is 6.29. The number of alkyl halides is 2. The third-order valence-electron chi connectivity index (χ3n) is 2.07. The zero-order valence-electron chi connectivity index (χ0n) is 7.91. The second kappa shape index (κ2) is 3.73. The average Bonchev–Trinajstić information content (AvgIpc) is 2.61. The minimum Gasteiger partial charge on any atom is -0.206 e. The lowest BCUT2D eigenvalue weighted by Gasteiger charge is -1.99. The van der Waals surface area contributed by atoms with Crippen molar-refractivity contribution < 1.29 is 8.78 Å². The molecule has 0 atom stereocenters. The molecule has 15 heavy (non-hydrogen) atoms. The smallest absolute Gasteiger partial charge is 0.206 e. The zero-order valence-corrected chi connectivity index (χ0v) is 8.67. The largest absolute Gasteiger partial charge is 0.299 e. The maximum atomic E-state index is 12.3. The van der Waals surface area contributed by atoms with Gasteiger partial charge in [0.05, 0.1) is 0 Å². The van der Waals surface area contributed by atoms with Crippen LogP contribution in [0, 0.1) is 0 Å². The van der Waals surface area contributed by atoms with Gasteiger partial charge in [0.15, 0.2) is 5.65 Å². The fourth-order valence-electron chi connectivity index (χ4n) is 1.31. The molecule has 3 nitrogen and oxygen atoms in total. The minimum atomic E-state index is -2.67. The van der Waals surface area contributed by atoms with Crippen molar-refractivity contribution in [1.29, 1.82) is 0 Å². The fourth-order valence-corrected chi connectivity index (χ4v) is 1.57. The molecule has 0 bridgehead atoms. The molecular formula is C9H8ClF2N3. The van der Waals surface area contributed by atoms with E-state index in [0.717, 1.165) is 12.0 Å². The Morgan fingerprint density at radius 2 is 2.20 bits per heavy atom. The van der Waals surface area contributed by atoms with Gasteiger partial charge in [-0.25, -0.2) is 18.3 Å². The molecule has 0 spiro atoms. The second-order valence-electron chi connectivity index (χ2n) is 3.08. The highest BCUT2D eigenvalue weighted by atomic mass is 35.5. The monoisotopic (exact) mass is 231 g/mol. The molecule has 0 radical (unpaired) electrons. The van der Waals surface area contributed by atoms with Crippen molar-refractivity contribution >= 4 is 17.2 Å². The van der Waals surface area contributed by atoms with Gasteiger partial charge in [-0.3, -0.25) is 0 Å². The first-order valence-corrected chi connectivity index (χ1v) is 4.83. The van der Waals surface area contributed by atoms with Gasteiger partial charge in [0.1, 0.15) is 5.15 Å². The summed E-state index contributed by atoms with van der Waals surface area (Å²) in [5, 5.41) is 3.91. The molecule has 0 saturated carbocycles. The summed E-state index contributed by atoms with van der Waals surface area (Å²) in [5.74, 6) is -0.495. The molecule has 0 aliphatic rings. The van der Waals surface area contributed by atoms with E-state index >= 15 is 0 Å². The Balaban J connectivity index is 2.64. The Bertz CT molecular complexity index is 495. The van der Waals surface area contributed by atoms with E-state index in [-0.39, 0.29) is 0 Å². The molecule has 6 heteroatoms. The van der Waals surface area contributed by atoms with Crippen LogP contribution in [0.25, 0.3) is 5.65 Å². The van der Waals surface area contributed by atoms with Crippen molar-refractivity contribution in [2.75, 3.05) is 0 Å². The van der Waals surface area contributed by atoms with Crippen LogP contribution in [0.5, 0.6) is 0 Å². The molecule has 0 saturated heterocycles. The van der Waals surface area contributed by atoms with E-state index < -0.39 is 12.2 Å². The third-order valence-corrected chi connectivity index (χ3v) is 2.34. The Labute approximate surface area is 89.7 Å². The normalized spacial score (nSPS) is 11.5. The summed E-state index contributed by atoms with van der Waals surface area (Å²) in [5.41, 5.74) is 1.30. The Morgan fingerprint density at radius 1 is 1.47 bits per heavy atom. The summed E-state index contributed by atoms with van der Waals surface area (Å²) < 4.78 is 25.9. The highest BCUT2D eigenvalue weighted by Gasteiger charge is 2.15. The van der Waals surface area contributed by atoms with Gasteiger partial charge in [0.25, 0.3) is 6.43 Å². The quantitative estimate of drug-likeness (QED) is 0.744. The third kappa shape index (κ3) is 1.79. The number of pyridine rings is 1. The van der Waals surface area contributed by atoms with Crippen LogP contribution in [0.4, 0.5) is 8.78 Å². The lowest BCUT2D eigenvalue weighted by molar-refractivity contribution is 0.140. The molecule has 2 aromatic heterocycles. The Morgan fingerprint density at radius 3 is 2.80 bits per heavy atom. The SMILES string of the molecule is CCc1cc(Cl)n2nc(C(F)F)nc2c1. The molecule has 0 unspecified atom stereocenters. The summed E-state index contributed by atoms with van der Waals surface area (Å²) >= 11 is 5.87. The summed E-state index contributed by atoms with van der Waals surface area (Å²) in [6.45, 7) is 1.95. The first-order valence-electron chi connectivity index (χ1n) is 4.45. The highest BCUT2D eigenvalue weighted by Crippen LogP contribution is 2.19. The first kappa shape index (κ1) is 10.3. The zero-order chi connectivity index (χ0) is 11.0. The van der Waals surface area contributed by atoms with Crippen molar-refractivity contribution in [2.45, 2.75) is 19.8 Å². The molecule has 2 rings (SSSR count). The Kier molecular flexibility index (Phi) is 2.56. The van der Waals surface area contributed by atoms with Crippen LogP contribution >= 0.6 is 11.6 Å². The summed E-state index contributed by atoms with van der Waals surface area (Å²) in [6.07, 6.45) is -1.90. The minimum absolute atomic E-state index is 0.295. The maximum Gasteiger partial charge on any atom is 0.299 e. The van der Waals surface area contributed by atoms with E-state index in [9.17, 15) is 8.78 Å². The number of hydrogen-bond donors (Lipinski definition) is 0. The van der Waals surface area contributed by atoms with Crippen LogP contribution in [0.15, 0.2) is 12.1 Å². The number of rotatable bonds is 2. The first-order chi connectivity index (χ1) is 7.11. The number of fused-ring (bicyclic) bond motifs is 1. The molecular weight excluding hydrogens is 224 g/mol. The van der Waals surface area contributed by atoms with Crippen LogP contribution in [0.1, 0.15) is 24.7 Å². The van der Waals surface area contributed by atoms with Crippen LogP contribution < -0.4 is 0 Å². The number of aromatic nitrogens is 3. The molecule has 0 fully saturated rings. The van der Waals surface area contributed by atoms with Gasteiger partial charge >= 0.3 is 0 Å². The van der Waals surface area contributed by atoms with E-state index in [2.05, 4.69) is 10.1 Å². The van der Waals surface area contributed by atoms with E-state index in [0.29, 0.717) is 10.8 Å². The lowest BCUT2D eigenvalue weighted by Crippen LogP contribution is -1.93. The van der Waals surface area contributed by atoms with Gasteiger partial charge in [0, 0.05) is 0 Å². The summed E-state index contributed by atoms with van der Waals surface area (Å²) in [6, 6.07) is 3.39. The van der Waals surface area contributed by atoms with Gasteiger partial charge in [0.2, 0.25) is 5.82 Å². The molecule has 2 aromatic rings. The van der Waals surface area contributed by atoms with E-state index in [1.807, 2.05) is 6.92 Å². The standard InChI is InChI=1S/C9H8ClF2N3/c1-2-5-3-6(10)15-7(4-5)13-9(14-15)8(11)12/h3-4,8H,2H2,1H3. The van der Waals surface area contributed by atoms with Crippen molar-refractivity contribution in [3.8, 4) is 0 Å². The Hall–Kier alpha value is -1.23. The number of hydrogen-bond acceptors (Lipinski definition) is 2. The van der Waals surface area contributed by atoms with Gasteiger partial charge in [-0.15, -0.1) is 5.10 Å². The van der Waals surface area contributed by atoms with E-state index in [1.165, 1.54) is 4.52 Å². The molecule has 0 aliphatic heterocycles. The van der Waals surface area contributed by atoms with Crippen molar-refractivity contribution in [2.24, 2.45) is 0 Å². The summed E-state index contributed by atoms with van der Waals surface area (Å²) in [4.78, 5) is 3.70. The van der Waals surface area contributed by atoms with E-state index in [1.54, 1.807) is 12.1 Å². The molecule has 80 valence electrons. The number of nitrogens with zero attached hydrogens (tertiary/aromatic N) is 3. The van der Waals surface area contributed by atoms with Crippen molar-refractivity contribution in [3.05, 3.63) is 28.7 Å². The van der Waals surface area contributed by atoms with E-state index in [4.69, 9.17) is 11.6 Å². The van der Waals surface area contributed by atoms with Crippen molar-refractivity contribution in [3.63, 3.8) is 0 Å². The molecule has 0 aromatic carbocycles. The van der Waals surface area contributed by atoms with Gasteiger partial charge in [-0.2, -0.15) is 0 Å². The van der Waals surface area contributed by atoms with Crippen LogP contribution in [-0.4, -0.2) is 14.6 Å². The summed E-state index contributed by atoms with van der Waals surface area (Å²) in [7, 11) is 0. The van der Waals surface area contributed by atoms with Crippen molar-refractivity contribution in [1.82, 2.24) is 14.6 Å². The fraction of sp³-hybridized carbons (Fsp3) is 0.333. The van der Waals surface area contributed by atoms with Crippen LogP contribution in [0.2, 0.25) is 5.15 Å². The van der Waals surface area contributed by atoms with Gasteiger partial charge < -0.3 is 0 Å². The predicted molar refractivity (Wildman–Crippen MR) is 52.3 cm³/mol. The molecule has 0 aliphatic carbocycles. The predicted octanol–water partition coefficient (Wildman–Crippen LogP) is 2.88. The van der Waals surface area contributed by atoms with Gasteiger partial charge in [-0.1, -0.05) is 18.5 Å². The number of aryl methyl sites for hydroxylation is 1.